The number of nitrogens with one attached hydrogen (secondary N) is 1. The Morgan fingerprint density at radius 3 is 2.46 bits per heavy atom. The number of nitrogens with zero attached hydrogens (tertiary/aromatic N) is 3. The molecule has 9 heteroatoms. The van der Waals surface area contributed by atoms with Gasteiger partial charge in [-0.05, 0) is 23.6 Å². The molecule has 0 radical (unpaired) electrons. The van der Waals surface area contributed by atoms with Crippen LogP contribution in [0.1, 0.15) is 11.1 Å². The third-order valence-corrected chi connectivity index (χ3v) is 5.81. The summed E-state index contributed by atoms with van der Waals surface area (Å²) in [6.07, 6.45) is 0.441. The molecular weight excluding hydrogens is 397 g/mol. The molecule has 3 rings (SSSR count). The molecule has 6 nitrogen and oxygen atoms in total. The van der Waals surface area contributed by atoms with Crippen LogP contribution in [0.2, 0.25) is 0 Å². The summed E-state index contributed by atoms with van der Waals surface area (Å²) < 4.78 is 14.9. The maximum atomic E-state index is 13.6. The Balaban J connectivity index is 1.42. The van der Waals surface area contributed by atoms with Gasteiger partial charge < -0.3 is 11.2 Å². The summed E-state index contributed by atoms with van der Waals surface area (Å²) in [6, 6.07) is 16.5. The molecule has 0 aliphatic rings. The topological polar surface area (TPSA) is 85.8 Å². The van der Waals surface area contributed by atoms with Crippen LogP contribution in [0.4, 0.5) is 4.39 Å². The quantitative estimate of drug-likeness (QED) is 0.411. The second kappa shape index (κ2) is 10.1. The van der Waals surface area contributed by atoms with Gasteiger partial charge in [0, 0.05) is 12.3 Å². The Morgan fingerprint density at radius 1 is 1.04 bits per heavy atom. The number of benzene rings is 2. The second-order valence-electron chi connectivity index (χ2n) is 5.89. The molecule has 0 aliphatic heterocycles. The van der Waals surface area contributed by atoms with Gasteiger partial charge in [-0.1, -0.05) is 72.1 Å². The number of carbonyl (C=O) groups is 1. The van der Waals surface area contributed by atoms with E-state index in [1.54, 1.807) is 18.2 Å². The van der Waals surface area contributed by atoms with Crippen molar-refractivity contribution < 1.29 is 9.18 Å². The zero-order valence-corrected chi connectivity index (χ0v) is 16.7. The third kappa shape index (κ3) is 5.74. The minimum atomic E-state index is -0.261. The first-order valence-electron chi connectivity index (χ1n) is 8.63. The van der Waals surface area contributed by atoms with E-state index in [0.29, 0.717) is 28.8 Å². The van der Waals surface area contributed by atoms with Crippen molar-refractivity contribution in [3.8, 4) is 0 Å². The molecule has 0 saturated carbocycles. The van der Waals surface area contributed by atoms with Gasteiger partial charge in [-0.25, -0.2) is 9.07 Å². The minimum absolute atomic E-state index is 0.163. The molecule has 2 aromatic carbocycles. The predicted molar refractivity (Wildman–Crippen MR) is 110 cm³/mol. The molecular formula is C19H20FN5OS2. The van der Waals surface area contributed by atoms with Crippen molar-refractivity contribution in [2.45, 2.75) is 22.5 Å². The van der Waals surface area contributed by atoms with Gasteiger partial charge in [0.25, 0.3) is 0 Å². The summed E-state index contributed by atoms with van der Waals surface area (Å²) in [4.78, 5) is 12.0. The van der Waals surface area contributed by atoms with Crippen molar-refractivity contribution in [3.05, 3.63) is 71.5 Å². The highest BCUT2D eigenvalue weighted by Gasteiger charge is 2.13. The molecule has 0 saturated heterocycles. The molecule has 1 aromatic heterocycles. The predicted octanol–water partition coefficient (Wildman–Crippen LogP) is 2.87. The van der Waals surface area contributed by atoms with Gasteiger partial charge in [0.15, 0.2) is 0 Å². The fourth-order valence-corrected chi connectivity index (χ4v) is 3.96. The first-order chi connectivity index (χ1) is 13.6. The van der Waals surface area contributed by atoms with Crippen molar-refractivity contribution >= 4 is 29.4 Å². The first-order valence-corrected chi connectivity index (χ1v) is 10.6. The van der Waals surface area contributed by atoms with Crippen LogP contribution in [0.15, 0.2) is 64.9 Å². The van der Waals surface area contributed by atoms with Crippen LogP contribution in [-0.2, 0) is 17.0 Å². The zero-order valence-electron chi connectivity index (χ0n) is 15.0. The van der Waals surface area contributed by atoms with Crippen molar-refractivity contribution in [1.82, 2.24) is 20.2 Å². The minimum Gasteiger partial charge on any atom is -0.355 e. The molecule has 3 aromatic rings. The number of thioether (sulfide) groups is 2. The Morgan fingerprint density at radius 2 is 1.71 bits per heavy atom. The summed E-state index contributed by atoms with van der Waals surface area (Å²) in [6.45, 7) is 0.369. The van der Waals surface area contributed by atoms with Crippen molar-refractivity contribution in [3.63, 3.8) is 0 Å². The molecule has 0 atom stereocenters. The Hall–Kier alpha value is -2.52. The van der Waals surface area contributed by atoms with Gasteiger partial charge >= 0.3 is 0 Å². The number of aromatic nitrogens is 3. The van der Waals surface area contributed by atoms with E-state index >= 15 is 0 Å². The van der Waals surface area contributed by atoms with Crippen LogP contribution in [0.5, 0.6) is 0 Å². The number of hydrogen-bond acceptors (Lipinski definition) is 6. The Bertz CT molecular complexity index is 920. The lowest BCUT2D eigenvalue weighted by Gasteiger charge is -2.06. The lowest BCUT2D eigenvalue weighted by atomic mass is 10.1. The number of halogens is 1. The number of hydrogen-bond donors (Lipinski definition) is 2. The molecule has 1 heterocycles. The highest BCUT2D eigenvalue weighted by molar-refractivity contribution is 8.00. The van der Waals surface area contributed by atoms with E-state index < -0.39 is 0 Å². The molecule has 0 aliphatic carbocycles. The molecule has 0 bridgehead atoms. The summed E-state index contributed by atoms with van der Waals surface area (Å²) in [5.41, 5.74) is 1.75. The molecule has 146 valence electrons. The van der Waals surface area contributed by atoms with E-state index in [1.165, 1.54) is 39.8 Å². The van der Waals surface area contributed by atoms with Gasteiger partial charge in [0.1, 0.15) is 5.82 Å². The first kappa shape index (κ1) is 20.2. The van der Waals surface area contributed by atoms with Gasteiger partial charge in [-0.2, -0.15) is 0 Å². The average molecular weight is 418 g/mol. The van der Waals surface area contributed by atoms with Crippen molar-refractivity contribution in [2.75, 3.05) is 18.1 Å². The van der Waals surface area contributed by atoms with Gasteiger partial charge in [-0.15, -0.1) is 10.2 Å². The normalized spacial score (nSPS) is 10.8. The van der Waals surface area contributed by atoms with Crippen LogP contribution >= 0.6 is 23.5 Å². The number of nitrogen functional groups attached to an aromatic ring is 1. The number of amides is 1. The fourth-order valence-electron chi connectivity index (χ4n) is 2.40. The van der Waals surface area contributed by atoms with Crippen LogP contribution < -0.4 is 11.2 Å². The largest absolute Gasteiger partial charge is 0.355 e. The van der Waals surface area contributed by atoms with Crippen LogP contribution in [0, 0.1) is 5.82 Å². The Kier molecular flexibility index (Phi) is 7.32. The van der Waals surface area contributed by atoms with Gasteiger partial charge in [0.2, 0.25) is 16.2 Å². The maximum Gasteiger partial charge on any atom is 0.230 e. The number of nitrogens with two attached hydrogens (primary N) is 1. The smallest absolute Gasteiger partial charge is 0.230 e. The average Bonchev–Trinajstić information content (AvgIpc) is 3.06. The van der Waals surface area contributed by atoms with Crippen molar-refractivity contribution in [2.24, 2.45) is 0 Å². The number of rotatable bonds is 9. The highest BCUT2D eigenvalue weighted by atomic mass is 32.2. The van der Waals surface area contributed by atoms with E-state index in [9.17, 15) is 9.18 Å². The van der Waals surface area contributed by atoms with E-state index in [2.05, 4.69) is 15.5 Å². The maximum absolute atomic E-state index is 13.6. The van der Waals surface area contributed by atoms with Crippen LogP contribution in [-0.4, -0.2) is 33.1 Å². The fraction of sp³-hybridized carbons (Fsp3) is 0.211. The SMILES string of the molecule is Nn1c(SCC(=O)NCCc2ccccc2F)nnc1SCc1ccccc1. The van der Waals surface area contributed by atoms with E-state index in [4.69, 9.17) is 5.84 Å². The highest BCUT2D eigenvalue weighted by Crippen LogP contribution is 2.23. The summed E-state index contributed by atoms with van der Waals surface area (Å²) in [5.74, 6) is 6.49. The molecule has 0 unspecified atom stereocenters. The molecule has 0 fully saturated rings. The monoisotopic (exact) mass is 417 g/mol. The van der Waals surface area contributed by atoms with E-state index in [1.807, 2.05) is 30.3 Å². The van der Waals surface area contributed by atoms with Crippen molar-refractivity contribution in [1.29, 1.82) is 0 Å². The Labute approximate surface area is 171 Å². The van der Waals surface area contributed by atoms with E-state index in [0.717, 1.165) is 5.75 Å². The van der Waals surface area contributed by atoms with Crippen LogP contribution in [0.25, 0.3) is 0 Å². The van der Waals surface area contributed by atoms with Crippen LogP contribution in [0.3, 0.4) is 0 Å². The van der Waals surface area contributed by atoms with E-state index in [-0.39, 0.29) is 17.5 Å². The van der Waals surface area contributed by atoms with Gasteiger partial charge in [-0.3, -0.25) is 4.79 Å². The zero-order chi connectivity index (χ0) is 19.8. The third-order valence-electron chi connectivity index (χ3n) is 3.85. The lowest BCUT2D eigenvalue weighted by molar-refractivity contribution is -0.118. The molecule has 1 amide bonds. The molecule has 0 spiro atoms. The molecule has 3 N–H and O–H groups in total. The number of carbonyl (C=O) groups excluding carboxylic acids is 1. The summed E-state index contributed by atoms with van der Waals surface area (Å²) in [5, 5.41) is 11.9. The van der Waals surface area contributed by atoms with Gasteiger partial charge in [0.05, 0.1) is 5.75 Å². The molecule has 28 heavy (non-hydrogen) atoms. The standard InChI is InChI=1S/C19H20FN5OS2/c20-16-9-5-4-8-15(16)10-11-22-17(26)13-28-19-24-23-18(25(19)21)27-12-14-6-2-1-3-7-14/h1-9H,10-13,21H2,(H,22,26). The summed E-state index contributed by atoms with van der Waals surface area (Å²) >= 11 is 2.69. The summed E-state index contributed by atoms with van der Waals surface area (Å²) in [7, 11) is 0. The second-order valence-corrected chi connectivity index (χ2v) is 7.77. The lowest BCUT2D eigenvalue weighted by Crippen LogP contribution is -2.27.